The molecule has 170 valence electrons. The molecule has 7 heteroatoms. The molecule has 2 aliphatic carbocycles. The van der Waals surface area contributed by atoms with Gasteiger partial charge in [-0.25, -0.2) is 16.6 Å². The van der Waals surface area contributed by atoms with Crippen LogP contribution in [-0.4, -0.2) is 17.4 Å². The average molecular weight is 451 g/mol. The number of allylic oxidation sites excluding steroid dienone is 1. The Morgan fingerprint density at radius 1 is 0.824 bits per heavy atom. The fourth-order valence-electron chi connectivity index (χ4n) is 5.85. The molecule has 0 aromatic heterocycles. The highest BCUT2D eigenvalue weighted by Crippen LogP contribution is 2.57. The highest BCUT2D eigenvalue weighted by atomic mass is 16.1. The number of hydrogen-bond donors (Lipinski definition) is 3. The van der Waals surface area contributed by atoms with Gasteiger partial charge in [0.05, 0.1) is 11.0 Å². The summed E-state index contributed by atoms with van der Waals surface area (Å²) in [6.07, 6.45) is 2.77. The zero-order valence-corrected chi connectivity index (χ0v) is 18.8. The second kappa shape index (κ2) is 8.48. The van der Waals surface area contributed by atoms with E-state index in [1.165, 1.54) is 5.39 Å². The maximum absolute atomic E-state index is 13.6. The quantitative estimate of drug-likeness (QED) is 0.339. The van der Waals surface area contributed by atoms with Gasteiger partial charge in [-0.3, -0.25) is 4.79 Å². The molecule has 1 atom stereocenters. The summed E-state index contributed by atoms with van der Waals surface area (Å²) in [5, 5.41) is 13.7. The van der Waals surface area contributed by atoms with Gasteiger partial charge in [-0.1, -0.05) is 72.8 Å². The molecule has 0 saturated heterocycles. The van der Waals surface area contributed by atoms with Gasteiger partial charge in [0.25, 0.3) is 0 Å². The number of hydrogen-bond acceptors (Lipinski definition) is 7. The third-order valence-electron chi connectivity index (χ3n) is 7.64. The highest BCUT2D eigenvalue weighted by Gasteiger charge is 2.57. The number of carbonyl (C=O) groups is 1. The summed E-state index contributed by atoms with van der Waals surface area (Å²) in [6.45, 7) is 0. The average Bonchev–Trinajstić information content (AvgIpc) is 3.13. The Labute approximate surface area is 197 Å². The first-order valence-electron chi connectivity index (χ1n) is 11.5. The molecule has 0 bridgehead atoms. The van der Waals surface area contributed by atoms with Crippen LogP contribution in [0.2, 0.25) is 0 Å². The van der Waals surface area contributed by atoms with E-state index in [1.807, 2.05) is 42.5 Å². The van der Waals surface area contributed by atoms with Gasteiger partial charge in [0.2, 0.25) is 0 Å². The monoisotopic (exact) mass is 450 g/mol. The van der Waals surface area contributed by atoms with Crippen LogP contribution in [0.25, 0.3) is 16.3 Å². The molecule has 1 fully saturated rings. The van der Waals surface area contributed by atoms with Gasteiger partial charge in [0.15, 0.2) is 11.8 Å². The second-order valence-electron chi connectivity index (χ2n) is 9.41. The van der Waals surface area contributed by atoms with Crippen LogP contribution in [0, 0.1) is 22.0 Å². The van der Waals surface area contributed by atoms with E-state index < -0.39 is 17.0 Å². The number of nitrogens with one attached hydrogen (secondary N) is 3. The summed E-state index contributed by atoms with van der Waals surface area (Å²) in [4.78, 5) is 13.6. The molecule has 0 heterocycles. The molecule has 0 radical (unpaired) electrons. The maximum Gasteiger partial charge on any atom is 0.175 e. The lowest BCUT2D eigenvalue weighted by molar-refractivity contribution is -0.127. The number of ketones is 1. The molecule has 7 nitrogen and oxygen atoms in total. The number of carbonyl (C=O) groups excluding carboxylic acids is 1. The Morgan fingerprint density at radius 3 is 2.15 bits per heavy atom. The van der Waals surface area contributed by atoms with Crippen LogP contribution in [-0.2, 0) is 11.2 Å². The molecule has 5 rings (SSSR count). The summed E-state index contributed by atoms with van der Waals surface area (Å²) in [5.41, 5.74) is 25.0. The van der Waals surface area contributed by atoms with Gasteiger partial charge in [-0.05, 0) is 59.6 Å². The van der Waals surface area contributed by atoms with Crippen LogP contribution in [0.1, 0.15) is 36.8 Å². The first-order chi connectivity index (χ1) is 16.6. The van der Waals surface area contributed by atoms with Crippen LogP contribution < -0.4 is 0 Å². The topological polar surface area (TPSA) is 126 Å². The van der Waals surface area contributed by atoms with E-state index in [0.717, 1.165) is 22.1 Å². The molecule has 3 N–H and O–H groups in total. The number of fused-ring (bicyclic) bond motifs is 1. The lowest BCUT2D eigenvalue weighted by atomic mass is 9.61. The van der Waals surface area contributed by atoms with Crippen molar-refractivity contribution < 1.29 is 4.79 Å². The largest absolute Gasteiger partial charge is 0.296 e. The van der Waals surface area contributed by atoms with Crippen molar-refractivity contribution in [1.29, 1.82) is 16.6 Å². The lowest BCUT2D eigenvalue weighted by Crippen LogP contribution is -2.43. The molecule has 1 saturated carbocycles. The van der Waals surface area contributed by atoms with E-state index in [2.05, 4.69) is 45.7 Å². The van der Waals surface area contributed by atoms with Gasteiger partial charge >= 0.3 is 0 Å². The van der Waals surface area contributed by atoms with E-state index >= 15 is 0 Å². The predicted molar refractivity (Wildman–Crippen MR) is 129 cm³/mol. The van der Waals surface area contributed by atoms with Crippen LogP contribution in [0.3, 0.4) is 0 Å². The molecule has 1 spiro atoms. The molecule has 1 unspecified atom stereocenters. The van der Waals surface area contributed by atoms with Crippen LogP contribution in [0.5, 0.6) is 0 Å². The SMILES string of the molecule is N=NC1=C(c2ccccc2)C2(CCC(Cc3ccc4ccccc4c3)(N=N)CC2)C(=O)C1N=N. The van der Waals surface area contributed by atoms with Gasteiger partial charge in [-0.2, -0.15) is 15.3 Å². The maximum atomic E-state index is 13.6. The highest BCUT2D eigenvalue weighted by molar-refractivity contribution is 6.09. The molecule has 0 aliphatic heterocycles. The van der Waals surface area contributed by atoms with E-state index in [-0.39, 0.29) is 11.5 Å². The number of rotatable bonds is 6. The van der Waals surface area contributed by atoms with Crippen molar-refractivity contribution in [2.45, 2.75) is 43.7 Å². The van der Waals surface area contributed by atoms with Crippen LogP contribution >= 0.6 is 0 Å². The Kier molecular flexibility index (Phi) is 5.48. The minimum Gasteiger partial charge on any atom is -0.296 e. The summed E-state index contributed by atoms with van der Waals surface area (Å²) in [5.74, 6) is -0.156. The molecule has 0 amide bonds. The van der Waals surface area contributed by atoms with Gasteiger partial charge < -0.3 is 0 Å². The smallest absolute Gasteiger partial charge is 0.175 e. The van der Waals surface area contributed by atoms with E-state index in [9.17, 15) is 4.79 Å². The Morgan fingerprint density at radius 2 is 1.50 bits per heavy atom. The van der Waals surface area contributed by atoms with E-state index in [4.69, 9.17) is 16.6 Å². The summed E-state index contributed by atoms with van der Waals surface area (Å²) in [7, 11) is 0. The van der Waals surface area contributed by atoms with Crippen LogP contribution in [0.4, 0.5) is 0 Å². The van der Waals surface area contributed by atoms with Gasteiger partial charge in [0.1, 0.15) is 5.70 Å². The number of Topliss-reactive ketones (excluding diaryl/α,β-unsaturated/α-hetero) is 1. The predicted octanol–water partition coefficient (Wildman–Crippen LogP) is 7.14. The number of nitrogens with zero attached hydrogens (tertiary/aromatic N) is 3. The Hall–Kier alpha value is -3.87. The summed E-state index contributed by atoms with van der Waals surface area (Å²) >= 11 is 0. The molecule has 2 aliphatic rings. The Bertz CT molecular complexity index is 1320. The van der Waals surface area contributed by atoms with Crippen molar-refractivity contribution in [2.75, 3.05) is 0 Å². The fourth-order valence-corrected chi connectivity index (χ4v) is 5.85. The lowest BCUT2D eigenvalue weighted by Gasteiger charge is -2.42. The van der Waals surface area contributed by atoms with E-state index in [1.54, 1.807) is 0 Å². The standard InChI is InChI=1S/C27H26N6O/c28-31-23-22(20-7-2-1-3-8-20)27(25(34)24(23)32-29)14-12-26(33-30,13-15-27)17-18-10-11-19-6-4-5-9-21(19)16-18/h1-11,16,24,28-30H,12-15,17H2. The zero-order chi connectivity index (χ0) is 23.8. The normalized spacial score (nSPS) is 26.7. The summed E-state index contributed by atoms with van der Waals surface area (Å²) in [6, 6.07) is 23.1. The summed E-state index contributed by atoms with van der Waals surface area (Å²) < 4.78 is 0. The third kappa shape index (κ3) is 3.39. The van der Waals surface area contributed by atoms with Crippen molar-refractivity contribution >= 4 is 22.1 Å². The minimum atomic E-state index is -1.03. The molecule has 34 heavy (non-hydrogen) atoms. The Balaban J connectivity index is 1.49. The number of benzene rings is 3. The van der Waals surface area contributed by atoms with Crippen molar-refractivity contribution in [3.63, 3.8) is 0 Å². The molecular weight excluding hydrogens is 424 g/mol. The second-order valence-corrected chi connectivity index (χ2v) is 9.41. The zero-order valence-electron chi connectivity index (χ0n) is 18.8. The minimum absolute atomic E-state index is 0.156. The molecular formula is C27H26N6O. The van der Waals surface area contributed by atoms with Crippen molar-refractivity contribution in [3.05, 3.63) is 89.6 Å². The van der Waals surface area contributed by atoms with Crippen molar-refractivity contribution in [2.24, 2.45) is 20.8 Å². The van der Waals surface area contributed by atoms with Crippen molar-refractivity contribution in [3.8, 4) is 0 Å². The fraction of sp³-hybridized carbons (Fsp3) is 0.296. The molecule has 3 aromatic rings. The van der Waals surface area contributed by atoms with Gasteiger partial charge in [-0.15, -0.1) is 0 Å². The van der Waals surface area contributed by atoms with Crippen LogP contribution in [0.15, 0.2) is 93.8 Å². The first-order valence-corrected chi connectivity index (χ1v) is 11.5. The van der Waals surface area contributed by atoms with Gasteiger partial charge in [0, 0.05) is 0 Å². The first kappa shape index (κ1) is 21.9. The third-order valence-corrected chi connectivity index (χ3v) is 7.64. The van der Waals surface area contributed by atoms with Crippen molar-refractivity contribution in [1.82, 2.24) is 0 Å². The molecule has 3 aromatic carbocycles. The van der Waals surface area contributed by atoms with E-state index in [0.29, 0.717) is 32.1 Å².